The average molecular weight is 546 g/mol. The molecule has 0 N–H and O–H groups in total. The van der Waals surface area contributed by atoms with Gasteiger partial charge in [-0.25, -0.2) is 0 Å². The summed E-state index contributed by atoms with van der Waals surface area (Å²) in [5.41, 5.74) is 8.61. The summed E-state index contributed by atoms with van der Waals surface area (Å²) in [7, 11) is 0. The second-order valence-electron chi connectivity index (χ2n) is 11.3. The Bertz CT molecular complexity index is 2480. The third kappa shape index (κ3) is 3.58. The molecule has 9 rings (SSSR count). The van der Waals surface area contributed by atoms with Gasteiger partial charge in [0.1, 0.15) is 0 Å². The lowest BCUT2D eigenvalue weighted by molar-refractivity contribution is 1.18. The fourth-order valence-corrected chi connectivity index (χ4v) is 7.14. The molecule has 0 atom stereocenters. The van der Waals surface area contributed by atoms with E-state index in [0.717, 1.165) is 0 Å². The van der Waals surface area contributed by atoms with E-state index in [0.29, 0.717) is 0 Å². The molecule has 0 spiro atoms. The highest BCUT2D eigenvalue weighted by molar-refractivity contribution is 6.31. The number of hydrogen-bond donors (Lipinski definition) is 0. The molecule has 0 fully saturated rings. The molecule has 200 valence electrons. The molecule has 0 saturated heterocycles. The van der Waals surface area contributed by atoms with Crippen LogP contribution in [0.3, 0.4) is 0 Å². The van der Waals surface area contributed by atoms with E-state index < -0.39 is 0 Å². The minimum Gasteiger partial charge on any atom is -0.309 e. The zero-order valence-electron chi connectivity index (χ0n) is 23.5. The second kappa shape index (κ2) is 9.44. The van der Waals surface area contributed by atoms with E-state index >= 15 is 0 Å². The maximum Gasteiger partial charge on any atom is 0.0541 e. The second-order valence-corrected chi connectivity index (χ2v) is 11.3. The number of benzene rings is 8. The molecular weight excluding hydrogens is 518 g/mol. The Morgan fingerprint density at radius 2 is 0.814 bits per heavy atom. The molecule has 9 aromatic rings. The molecule has 0 bridgehead atoms. The first-order chi connectivity index (χ1) is 21.4. The Balaban J connectivity index is 1.42. The van der Waals surface area contributed by atoms with Crippen molar-refractivity contribution >= 4 is 54.1 Å². The molecule has 43 heavy (non-hydrogen) atoms. The van der Waals surface area contributed by atoms with Gasteiger partial charge in [0.05, 0.1) is 11.0 Å². The smallest absolute Gasteiger partial charge is 0.0541 e. The number of hydrogen-bond acceptors (Lipinski definition) is 0. The average Bonchev–Trinajstić information content (AvgIpc) is 3.42. The lowest BCUT2D eigenvalue weighted by atomic mass is 9.86. The first-order valence-corrected chi connectivity index (χ1v) is 14.9. The molecule has 0 amide bonds. The summed E-state index contributed by atoms with van der Waals surface area (Å²) in [5, 5.41) is 10.3. The molecule has 0 aliphatic carbocycles. The first kappa shape index (κ1) is 24.0. The van der Waals surface area contributed by atoms with Gasteiger partial charge in [0, 0.05) is 16.5 Å². The van der Waals surface area contributed by atoms with Gasteiger partial charge in [-0.05, 0) is 84.9 Å². The molecule has 0 aliphatic heterocycles. The molecule has 1 heteroatoms. The van der Waals surface area contributed by atoms with Gasteiger partial charge in [-0.1, -0.05) is 133 Å². The highest BCUT2D eigenvalue weighted by Crippen LogP contribution is 2.45. The third-order valence-electron chi connectivity index (χ3n) is 8.97. The molecule has 1 heterocycles. The summed E-state index contributed by atoms with van der Waals surface area (Å²) in [6.45, 7) is 0. The Kier molecular flexibility index (Phi) is 5.27. The van der Waals surface area contributed by atoms with E-state index in [2.05, 4.69) is 168 Å². The van der Waals surface area contributed by atoms with E-state index in [1.165, 1.54) is 82.1 Å². The van der Waals surface area contributed by atoms with E-state index in [1.54, 1.807) is 0 Å². The molecule has 0 unspecified atom stereocenters. The lowest BCUT2D eigenvalue weighted by Gasteiger charge is -2.17. The minimum atomic E-state index is 1.18. The Morgan fingerprint density at radius 3 is 1.49 bits per heavy atom. The van der Waals surface area contributed by atoms with Crippen LogP contribution in [-0.4, -0.2) is 4.57 Å². The van der Waals surface area contributed by atoms with Crippen LogP contribution in [0.1, 0.15) is 0 Å². The van der Waals surface area contributed by atoms with E-state index in [-0.39, 0.29) is 0 Å². The molecule has 1 nitrogen and oxygen atoms in total. The summed E-state index contributed by atoms with van der Waals surface area (Å²) in [6, 6.07) is 59.7. The highest BCUT2D eigenvalue weighted by Gasteiger charge is 2.18. The summed E-state index contributed by atoms with van der Waals surface area (Å²) < 4.78 is 2.38. The van der Waals surface area contributed by atoms with Crippen molar-refractivity contribution in [1.29, 1.82) is 0 Å². The van der Waals surface area contributed by atoms with Crippen molar-refractivity contribution in [2.75, 3.05) is 0 Å². The van der Waals surface area contributed by atoms with Crippen LogP contribution in [0.5, 0.6) is 0 Å². The van der Waals surface area contributed by atoms with Gasteiger partial charge in [-0.3, -0.25) is 0 Å². The maximum atomic E-state index is 2.40. The zero-order chi connectivity index (χ0) is 28.3. The topological polar surface area (TPSA) is 4.93 Å². The van der Waals surface area contributed by atoms with Crippen LogP contribution in [0.15, 0.2) is 164 Å². The van der Waals surface area contributed by atoms with Crippen LogP contribution in [-0.2, 0) is 0 Å². The van der Waals surface area contributed by atoms with Gasteiger partial charge in [-0.2, -0.15) is 0 Å². The Morgan fingerprint density at radius 1 is 0.302 bits per heavy atom. The van der Waals surface area contributed by atoms with Crippen molar-refractivity contribution in [2.45, 2.75) is 0 Å². The predicted molar refractivity (Wildman–Crippen MR) is 184 cm³/mol. The molecule has 0 saturated carbocycles. The number of aromatic nitrogens is 1. The van der Waals surface area contributed by atoms with Crippen LogP contribution in [0, 0.1) is 0 Å². The van der Waals surface area contributed by atoms with Crippen molar-refractivity contribution in [3.63, 3.8) is 0 Å². The van der Waals surface area contributed by atoms with Gasteiger partial charge in [-0.15, -0.1) is 0 Å². The molecule has 0 aliphatic rings. The predicted octanol–water partition coefficient (Wildman–Crippen LogP) is 11.6. The van der Waals surface area contributed by atoms with Crippen LogP contribution < -0.4 is 0 Å². The standard InChI is InChI=1S/C42H27N/c1-3-13-28(14-4-1)31-20-11-22-36-33-17-7-8-18-34(33)37-23-12-21-32(42(37)41(31)36)29-25-26-40-38(27-29)35-19-9-10-24-39(35)43(40)30-15-5-2-6-16-30/h1-27H. The Labute approximate surface area is 249 Å². The van der Waals surface area contributed by atoms with Gasteiger partial charge in [0.2, 0.25) is 0 Å². The summed E-state index contributed by atoms with van der Waals surface area (Å²) >= 11 is 0. The number of rotatable bonds is 3. The van der Waals surface area contributed by atoms with E-state index in [9.17, 15) is 0 Å². The Hall–Kier alpha value is -5.66. The fraction of sp³-hybridized carbons (Fsp3) is 0. The number of fused-ring (bicyclic) bond motifs is 9. The van der Waals surface area contributed by atoms with Crippen molar-refractivity contribution in [3.05, 3.63) is 164 Å². The summed E-state index contributed by atoms with van der Waals surface area (Å²) in [5.74, 6) is 0. The highest BCUT2D eigenvalue weighted by atomic mass is 15.0. The summed E-state index contributed by atoms with van der Waals surface area (Å²) in [4.78, 5) is 0. The first-order valence-electron chi connectivity index (χ1n) is 14.9. The third-order valence-corrected chi connectivity index (χ3v) is 8.97. The SMILES string of the molecule is c1ccc(-c2cccc3c4ccccc4c4cccc(-c5ccc6c(c5)c5ccccc5n6-c5ccccc5)c4c23)cc1. The van der Waals surface area contributed by atoms with E-state index in [4.69, 9.17) is 0 Å². The fourth-order valence-electron chi connectivity index (χ4n) is 7.14. The minimum absolute atomic E-state index is 1.18. The molecule has 1 aromatic heterocycles. The van der Waals surface area contributed by atoms with Crippen molar-refractivity contribution in [2.24, 2.45) is 0 Å². The summed E-state index contributed by atoms with van der Waals surface area (Å²) in [6.07, 6.45) is 0. The normalized spacial score (nSPS) is 11.7. The molecule has 8 aromatic carbocycles. The van der Waals surface area contributed by atoms with Crippen molar-refractivity contribution in [3.8, 4) is 27.9 Å². The monoisotopic (exact) mass is 545 g/mol. The van der Waals surface area contributed by atoms with Gasteiger partial charge in [0.25, 0.3) is 0 Å². The van der Waals surface area contributed by atoms with E-state index in [1.807, 2.05) is 0 Å². The van der Waals surface area contributed by atoms with Crippen LogP contribution in [0.2, 0.25) is 0 Å². The molecular formula is C42H27N. The number of para-hydroxylation sites is 2. The number of nitrogens with zero attached hydrogens (tertiary/aromatic N) is 1. The quantitative estimate of drug-likeness (QED) is 0.195. The van der Waals surface area contributed by atoms with Crippen LogP contribution in [0.4, 0.5) is 0 Å². The maximum absolute atomic E-state index is 2.40. The van der Waals surface area contributed by atoms with Crippen LogP contribution in [0.25, 0.3) is 82.1 Å². The van der Waals surface area contributed by atoms with Crippen molar-refractivity contribution < 1.29 is 0 Å². The lowest BCUT2D eigenvalue weighted by Crippen LogP contribution is -1.93. The van der Waals surface area contributed by atoms with Gasteiger partial charge >= 0.3 is 0 Å². The van der Waals surface area contributed by atoms with Crippen molar-refractivity contribution in [1.82, 2.24) is 4.57 Å². The van der Waals surface area contributed by atoms with Crippen LogP contribution >= 0.6 is 0 Å². The van der Waals surface area contributed by atoms with Gasteiger partial charge in [0.15, 0.2) is 0 Å². The van der Waals surface area contributed by atoms with Gasteiger partial charge < -0.3 is 4.57 Å². The largest absolute Gasteiger partial charge is 0.309 e. The zero-order valence-corrected chi connectivity index (χ0v) is 23.5. The molecule has 0 radical (unpaired) electrons.